The van der Waals surface area contributed by atoms with Crippen LogP contribution in [0.25, 0.3) is 0 Å². The van der Waals surface area contributed by atoms with Crippen molar-refractivity contribution in [3.8, 4) is 0 Å². The highest BCUT2D eigenvalue weighted by Crippen LogP contribution is 2.36. The van der Waals surface area contributed by atoms with Crippen molar-refractivity contribution in [1.29, 1.82) is 0 Å². The van der Waals surface area contributed by atoms with Gasteiger partial charge in [-0.25, -0.2) is 4.98 Å². The number of aryl methyl sites for hydroxylation is 2. The maximum Gasteiger partial charge on any atom is 0.145 e. The summed E-state index contributed by atoms with van der Waals surface area (Å²) in [7, 11) is 0. The molecule has 1 aromatic heterocycles. The molecule has 1 N–H and O–H groups in total. The van der Waals surface area contributed by atoms with Crippen LogP contribution >= 0.6 is 0 Å². The lowest BCUT2D eigenvalue weighted by Crippen LogP contribution is -2.32. The van der Waals surface area contributed by atoms with E-state index in [1.165, 1.54) is 25.7 Å². The van der Waals surface area contributed by atoms with Gasteiger partial charge in [-0.05, 0) is 38.5 Å². The van der Waals surface area contributed by atoms with Crippen molar-refractivity contribution in [2.75, 3.05) is 5.32 Å². The minimum absolute atomic E-state index is 0.461. The molecule has 0 aromatic carbocycles. The number of rotatable bonds is 2. The summed E-state index contributed by atoms with van der Waals surface area (Å²) in [6.45, 7) is 8.72. The van der Waals surface area contributed by atoms with Crippen LogP contribution in [0.5, 0.6) is 0 Å². The van der Waals surface area contributed by atoms with Gasteiger partial charge < -0.3 is 5.32 Å². The minimum atomic E-state index is 0.461. The molecule has 0 radical (unpaired) electrons. The fourth-order valence-corrected chi connectivity index (χ4v) is 2.64. The molecule has 0 bridgehead atoms. The van der Waals surface area contributed by atoms with Gasteiger partial charge in [0.25, 0.3) is 0 Å². The summed E-state index contributed by atoms with van der Waals surface area (Å²) in [5.41, 5.74) is 2.49. The smallest absolute Gasteiger partial charge is 0.145 e. The summed E-state index contributed by atoms with van der Waals surface area (Å²) in [6, 6.07) is 0.551. The monoisotopic (exact) mass is 233 g/mol. The first-order valence-electron chi connectivity index (χ1n) is 6.53. The van der Waals surface area contributed by atoms with E-state index in [-0.39, 0.29) is 0 Å². The van der Waals surface area contributed by atoms with Crippen molar-refractivity contribution in [3.63, 3.8) is 0 Å². The highest BCUT2D eigenvalue weighted by molar-refractivity contribution is 5.34. The van der Waals surface area contributed by atoms with Gasteiger partial charge in [0.2, 0.25) is 0 Å². The van der Waals surface area contributed by atoms with Crippen molar-refractivity contribution < 1.29 is 0 Å². The topological polar surface area (TPSA) is 37.8 Å². The van der Waals surface area contributed by atoms with E-state index in [1.807, 2.05) is 20.0 Å². The highest BCUT2D eigenvalue weighted by Gasteiger charge is 2.27. The van der Waals surface area contributed by atoms with Crippen LogP contribution in [-0.4, -0.2) is 16.0 Å². The number of nitrogens with zero attached hydrogens (tertiary/aromatic N) is 2. The molecule has 3 nitrogen and oxygen atoms in total. The van der Waals surface area contributed by atoms with E-state index in [2.05, 4.69) is 29.1 Å². The average Bonchev–Trinajstić information content (AvgIpc) is 2.22. The minimum Gasteiger partial charge on any atom is -0.366 e. The molecule has 94 valence electrons. The quantitative estimate of drug-likeness (QED) is 0.850. The normalized spacial score (nSPS) is 23.4. The van der Waals surface area contributed by atoms with Gasteiger partial charge in [0.1, 0.15) is 5.82 Å². The van der Waals surface area contributed by atoms with Crippen molar-refractivity contribution >= 4 is 5.82 Å². The third-order valence-corrected chi connectivity index (χ3v) is 3.75. The van der Waals surface area contributed by atoms with Gasteiger partial charge in [0, 0.05) is 6.04 Å². The molecule has 1 aliphatic carbocycles. The lowest BCUT2D eigenvalue weighted by molar-refractivity contribution is 0.229. The second-order valence-corrected chi connectivity index (χ2v) is 6.03. The predicted molar refractivity (Wildman–Crippen MR) is 71.2 cm³/mol. The Bertz CT molecular complexity index is 398. The summed E-state index contributed by atoms with van der Waals surface area (Å²) in [6.07, 6.45) is 6.97. The maximum atomic E-state index is 4.54. The first kappa shape index (κ1) is 12.3. The Morgan fingerprint density at radius 2 is 2.06 bits per heavy atom. The molecule has 1 heterocycles. The number of anilines is 1. The highest BCUT2D eigenvalue weighted by atomic mass is 15.0. The molecule has 1 saturated carbocycles. The van der Waals surface area contributed by atoms with Crippen LogP contribution < -0.4 is 5.32 Å². The third-order valence-electron chi connectivity index (χ3n) is 3.75. The molecule has 17 heavy (non-hydrogen) atoms. The number of hydrogen-bond acceptors (Lipinski definition) is 3. The average molecular weight is 233 g/mol. The standard InChI is InChI=1S/C14H23N3/c1-10-11(2)16-13(9-15-10)17-12-6-5-7-14(3,4)8-12/h9,12H,5-8H2,1-4H3,(H,16,17). The Labute approximate surface area is 104 Å². The van der Waals surface area contributed by atoms with E-state index >= 15 is 0 Å². The molecule has 0 amide bonds. The molecule has 0 spiro atoms. The molecular formula is C14H23N3. The van der Waals surface area contributed by atoms with E-state index in [0.29, 0.717) is 11.5 Å². The summed E-state index contributed by atoms with van der Waals surface area (Å²) < 4.78 is 0. The largest absolute Gasteiger partial charge is 0.366 e. The SMILES string of the molecule is Cc1ncc(NC2CCCC(C)(C)C2)nc1C. The fraction of sp³-hybridized carbons (Fsp3) is 0.714. The van der Waals surface area contributed by atoms with Gasteiger partial charge in [-0.15, -0.1) is 0 Å². The van der Waals surface area contributed by atoms with Gasteiger partial charge >= 0.3 is 0 Å². The molecule has 1 atom stereocenters. The summed E-state index contributed by atoms with van der Waals surface area (Å²) in [5.74, 6) is 0.927. The molecule has 1 fully saturated rings. The van der Waals surface area contributed by atoms with Crippen LogP contribution in [0.2, 0.25) is 0 Å². The zero-order chi connectivity index (χ0) is 12.5. The van der Waals surface area contributed by atoms with Gasteiger partial charge in [-0.3, -0.25) is 4.98 Å². The van der Waals surface area contributed by atoms with Crippen molar-refractivity contribution in [3.05, 3.63) is 17.6 Å². The summed E-state index contributed by atoms with van der Waals surface area (Å²) in [4.78, 5) is 8.90. The Kier molecular flexibility index (Phi) is 3.36. The molecule has 2 rings (SSSR count). The third kappa shape index (κ3) is 3.18. The second-order valence-electron chi connectivity index (χ2n) is 6.03. The van der Waals surface area contributed by atoms with E-state index in [4.69, 9.17) is 0 Å². The fourth-order valence-electron chi connectivity index (χ4n) is 2.64. The summed E-state index contributed by atoms with van der Waals surface area (Å²) in [5, 5.41) is 3.53. The van der Waals surface area contributed by atoms with Gasteiger partial charge in [-0.1, -0.05) is 20.3 Å². The van der Waals surface area contributed by atoms with Crippen LogP contribution in [0.3, 0.4) is 0 Å². The van der Waals surface area contributed by atoms with Crippen molar-refractivity contribution in [2.24, 2.45) is 5.41 Å². The van der Waals surface area contributed by atoms with Gasteiger partial charge in [0.05, 0.1) is 17.6 Å². The number of aromatic nitrogens is 2. The Morgan fingerprint density at radius 3 is 2.71 bits per heavy atom. The second kappa shape index (κ2) is 4.63. The Hall–Kier alpha value is -1.12. The van der Waals surface area contributed by atoms with Crippen LogP contribution in [0.4, 0.5) is 5.82 Å². The molecule has 0 saturated heterocycles. The first-order valence-corrected chi connectivity index (χ1v) is 6.53. The van der Waals surface area contributed by atoms with E-state index in [1.54, 1.807) is 0 Å². The van der Waals surface area contributed by atoms with E-state index in [0.717, 1.165) is 17.2 Å². The first-order chi connectivity index (χ1) is 7.96. The predicted octanol–water partition coefficient (Wildman–Crippen LogP) is 3.47. The van der Waals surface area contributed by atoms with Gasteiger partial charge in [0.15, 0.2) is 0 Å². The van der Waals surface area contributed by atoms with Crippen LogP contribution in [0.1, 0.15) is 50.9 Å². The van der Waals surface area contributed by atoms with Crippen LogP contribution in [0.15, 0.2) is 6.20 Å². The summed E-state index contributed by atoms with van der Waals surface area (Å²) >= 11 is 0. The van der Waals surface area contributed by atoms with Gasteiger partial charge in [-0.2, -0.15) is 0 Å². The lowest BCUT2D eigenvalue weighted by Gasteiger charge is -2.35. The zero-order valence-corrected chi connectivity index (χ0v) is 11.4. The van der Waals surface area contributed by atoms with E-state index in [9.17, 15) is 0 Å². The maximum absolute atomic E-state index is 4.54. The molecule has 1 aliphatic rings. The van der Waals surface area contributed by atoms with Crippen LogP contribution in [0, 0.1) is 19.3 Å². The van der Waals surface area contributed by atoms with Crippen molar-refractivity contribution in [2.45, 2.75) is 59.4 Å². The molecule has 0 aliphatic heterocycles. The lowest BCUT2D eigenvalue weighted by atomic mass is 9.75. The molecule has 1 unspecified atom stereocenters. The van der Waals surface area contributed by atoms with E-state index < -0.39 is 0 Å². The number of nitrogens with one attached hydrogen (secondary N) is 1. The Morgan fingerprint density at radius 1 is 1.29 bits per heavy atom. The zero-order valence-electron chi connectivity index (χ0n) is 11.4. The van der Waals surface area contributed by atoms with Crippen molar-refractivity contribution in [1.82, 2.24) is 9.97 Å². The molecular weight excluding hydrogens is 210 g/mol. The molecule has 3 heteroatoms. The van der Waals surface area contributed by atoms with Crippen LogP contribution in [-0.2, 0) is 0 Å². The molecule has 1 aromatic rings. The number of hydrogen-bond donors (Lipinski definition) is 1. The Balaban J connectivity index is 2.03.